The van der Waals surface area contributed by atoms with E-state index in [-0.39, 0.29) is 6.04 Å². The van der Waals surface area contributed by atoms with Crippen molar-refractivity contribution in [3.63, 3.8) is 0 Å². The van der Waals surface area contributed by atoms with Crippen LogP contribution in [0, 0.1) is 6.92 Å². The highest BCUT2D eigenvalue weighted by Gasteiger charge is 2.19. The Kier molecular flexibility index (Phi) is 4.15. The molecule has 0 aliphatic carbocycles. The monoisotopic (exact) mass is 289 g/mol. The first-order valence-corrected chi connectivity index (χ1v) is 6.93. The van der Waals surface area contributed by atoms with E-state index >= 15 is 0 Å². The van der Waals surface area contributed by atoms with Crippen LogP contribution >= 0.6 is 34.5 Å². The molecule has 0 bridgehead atoms. The molecule has 1 N–H and O–H groups in total. The van der Waals surface area contributed by atoms with Crippen LogP contribution in [0.25, 0.3) is 0 Å². The molecule has 5 heteroatoms. The lowest BCUT2D eigenvalue weighted by atomic mass is 10.1. The zero-order chi connectivity index (χ0) is 12.4. The van der Waals surface area contributed by atoms with Gasteiger partial charge in [-0.2, -0.15) is 0 Å². The molecule has 1 unspecified atom stereocenters. The largest absolute Gasteiger partial charge is 0.448 e. The van der Waals surface area contributed by atoms with Crippen LogP contribution in [0.5, 0.6) is 0 Å². The van der Waals surface area contributed by atoms with Gasteiger partial charge in [-0.15, -0.1) is 11.3 Å². The van der Waals surface area contributed by atoms with Crippen molar-refractivity contribution in [2.45, 2.75) is 19.9 Å². The molecule has 0 aliphatic rings. The molecule has 2 nitrogen and oxygen atoms in total. The van der Waals surface area contributed by atoms with E-state index in [4.69, 9.17) is 27.6 Å². The van der Waals surface area contributed by atoms with Crippen molar-refractivity contribution >= 4 is 34.5 Å². The third kappa shape index (κ3) is 2.86. The quantitative estimate of drug-likeness (QED) is 0.886. The Labute approximate surface area is 115 Å². The highest BCUT2D eigenvalue weighted by Crippen LogP contribution is 2.35. The van der Waals surface area contributed by atoms with Gasteiger partial charge in [-0.1, -0.05) is 18.5 Å². The lowest BCUT2D eigenvalue weighted by molar-refractivity contribution is 0.456. The molecular weight excluding hydrogens is 277 g/mol. The molecule has 0 saturated heterocycles. The fraction of sp³-hybridized carbons (Fsp3) is 0.333. The Balaban J connectivity index is 2.34. The van der Waals surface area contributed by atoms with Crippen LogP contribution in [0.1, 0.15) is 29.2 Å². The van der Waals surface area contributed by atoms with E-state index in [1.165, 1.54) is 0 Å². The SMILES string of the molecule is CCNC(c1ccc(Cl)o1)c1cc(C)c(Cl)s1. The summed E-state index contributed by atoms with van der Waals surface area (Å²) >= 11 is 13.5. The predicted molar refractivity (Wildman–Crippen MR) is 73.3 cm³/mol. The number of hydrogen-bond donors (Lipinski definition) is 1. The molecule has 17 heavy (non-hydrogen) atoms. The highest BCUT2D eigenvalue weighted by molar-refractivity contribution is 7.16. The Hall–Kier alpha value is -0.480. The second-order valence-electron chi connectivity index (χ2n) is 3.74. The van der Waals surface area contributed by atoms with E-state index in [0.29, 0.717) is 5.22 Å². The van der Waals surface area contributed by atoms with Crippen LogP contribution in [0.2, 0.25) is 9.56 Å². The molecule has 2 heterocycles. The Morgan fingerprint density at radius 2 is 2.18 bits per heavy atom. The van der Waals surface area contributed by atoms with Gasteiger partial charge >= 0.3 is 0 Å². The topological polar surface area (TPSA) is 25.2 Å². The van der Waals surface area contributed by atoms with E-state index in [0.717, 1.165) is 27.1 Å². The summed E-state index contributed by atoms with van der Waals surface area (Å²) in [5.41, 5.74) is 1.09. The highest BCUT2D eigenvalue weighted by atomic mass is 35.5. The van der Waals surface area contributed by atoms with Crippen molar-refractivity contribution in [1.82, 2.24) is 5.32 Å². The van der Waals surface area contributed by atoms with Gasteiger partial charge in [-0.05, 0) is 48.8 Å². The van der Waals surface area contributed by atoms with Crippen LogP contribution in [0.4, 0.5) is 0 Å². The maximum absolute atomic E-state index is 6.10. The summed E-state index contributed by atoms with van der Waals surface area (Å²) in [7, 11) is 0. The average Bonchev–Trinajstić information content (AvgIpc) is 2.83. The van der Waals surface area contributed by atoms with Crippen LogP contribution in [0.15, 0.2) is 22.6 Å². The molecule has 0 amide bonds. The van der Waals surface area contributed by atoms with Crippen molar-refractivity contribution in [2.75, 3.05) is 6.54 Å². The smallest absolute Gasteiger partial charge is 0.193 e. The average molecular weight is 290 g/mol. The number of aryl methyl sites for hydroxylation is 1. The summed E-state index contributed by atoms with van der Waals surface area (Å²) in [6, 6.07) is 5.74. The lowest BCUT2D eigenvalue weighted by Gasteiger charge is -2.13. The number of furan rings is 1. The third-order valence-electron chi connectivity index (χ3n) is 2.45. The van der Waals surface area contributed by atoms with Gasteiger partial charge in [0.15, 0.2) is 5.22 Å². The summed E-state index contributed by atoms with van der Waals surface area (Å²) in [5.74, 6) is 0.815. The van der Waals surface area contributed by atoms with Crippen LogP contribution in [-0.4, -0.2) is 6.54 Å². The Morgan fingerprint density at radius 3 is 2.65 bits per heavy atom. The van der Waals surface area contributed by atoms with E-state index in [9.17, 15) is 0 Å². The van der Waals surface area contributed by atoms with E-state index in [2.05, 4.69) is 18.3 Å². The first-order chi connectivity index (χ1) is 8.11. The molecule has 0 fully saturated rings. The standard InChI is InChI=1S/C12H13Cl2NOS/c1-3-15-11(8-4-5-10(13)16-8)9-6-7(2)12(14)17-9/h4-6,11,15H,3H2,1-2H3. The fourth-order valence-corrected chi connectivity index (χ4v) is 3.11. The summed E-state index contributed by atoms with van der Waals surface area (Å²) in [6.45, 7) is 4.90. The molecule has 0 radical (unpaired) electrons. The zero-order valence-electron chi connectivity index (χ0n) is 9.59. The molecule has 0 aromatic carbocycles. The Morgan fingerprint density at radius 1 is 1.41 bits per heavy atom. The van der Waals surface area contributed by atoms with Gasteiger partial charge in [0.05, 0.1) is 4.34 Å². The summed E-state index contributed by atoms with van der Waals surface area (Å²) in [4.78, 5) is 1.14. The summed E-state index contributed by atoms with van der Waals surface area (Å²) < 4.78 is 6.29. The molecule has 2 aromatic heterocycles. The van der Waals surface area contributed by atoms with Gasteiger partial charge in [0.25, 0.3) is 0 Å². The second kappa shape index (κ2) is 5.44. The van der Waals surface area contributed by atoms with Crippen LogP contribution in [0.3, 0.4) is 0 Å². The molecule has 1 atom stereocenters. The number of nitrogens with one attached hydrogen (secondary N) is 1. The summed E-state index contributed by atoms with van der Waals surface area (Å²) in [6.07, 6.45) is 0. The molecule has 2 rings (SSSR count). The third-order valence-corrected chi connectivity index (χ3v) is 4.27. The number of halogens is 2. The first kappa shape index (κ1) is 13.0. The van der Waals surface area contributed by atoms with Gasteiger partial charge in [0, 0.05) is 4.88 Å². The van der Waals surface area contributed by atoms with Crippen LogP contribution in [-0.2, 0) is 0 Å². The maximum atomic E-state index is 6.10. The van der Waals surface area contributed by atoms with E-state index in [1.54, 1.807) is 17.4 Å². The maximum Gasteiger partial charge on any atom is 0.193 e. The predicted octanol–water partition coefficient (Wildman–Crippen LogP) is 4.66. The number of rotatable bonds is 4. The van der Waals surface area contributed by atoms with Gasteiger partial charge in [-0.3, -0.25) is 0 Å². The van der Waals surface area contributed by atoms with Crippen molar-refractivity contribution in [3.05, 3.63) is 44.0 Å². The van der Waals surface area contributed by atoms with Gasteiger partial charge in [0.1, 0.15) is 11.8 Å². The summed E-state index contributed by atoms with van der Waals surface area (Å²) in [5, 5.41) is 3.77. The van der Waals surface area contributed by atoms with E-state index in [1.807, 2.05) is 13.0 Å². The minimum Gasteiger partial charge on any atom is -0.448 e. The molecule has 0 saturated carbocycles. The number of thiophene rings is 1. The number of hydrogen-bond acceptors (Lipinski definition) is 3. The first-order valence-electron chi connectivity index (χ1n) is 5.36. The fourth-order valence-electron chi connectivity index (χ4n) is 1.65. The van der Waals surface area contributed by atoms with Gasteiger partial charge in [0.2, 0.25) is 0 Å². The van der Waals surface area contributed by atoms with Gasteiger partial charge < -0.3 is 9.73 Å². The normalized spacial score (nSPS) is 12.9. The van der Waals surface area contributed by atoms with E-state index < -0.39 is 0 Å². The van der Waals surface area contributed by atoms with Crippen molar-refractivity contribution in [1.29, 1.82) is 0 Å². The molecule has 92 valence electrons. The minimum absolute atomic E-state index is 0.0173. The lowest BCUT2D eigenvalue weighted by Crippen LogP contribution is -2.20. The molecule has 0 aliphatic heterocycles. The van der Waals surface area contributed by atoms with Crippen LogP contribution < -0.4 is 5.32 Å². The second-order valence-corrected chi connectivity index (χ2v) is 5.80. The zero-order valence-corrected chi connectivity index (χ0v) is 11.9. The van der Waals surface area contributed by atoms with Gasteiger partial charge in [-0.25, -0.2) is 0 Å². The van der Waals surface area contributed by atoms with Crippen molar-refractivity contribution in [3.8, 4) is 0 Å². The Bertz CT molecular complexity index is 487. The molecule has 0 spiro atoms. The molecular formula is C12H13Cl2NOS. The van der Waals surface area contributed by atoms with Crippen molar-refractivity contribution in [2.24, 2.45) is 0 Å². The molecule has 2 aromatic rings. The minimum atomic E-state index is 0.0173. The van der Waals surface area contributed by atoms with Crippen molar-refractivity contribution < 1.29 is 4.42 Å².